The highest BCUT2D eigenvalue weighted by Gasteiger charge is 2.29. The van der Waals surface area contributed by atoms with Crippen LogP contribution in [0.4, 0.5) is 0 Å². The van der Waals surface area contributed by atoms with Crippen molar-refractivity contribution in [2.24, 2.45) is 18.7 Å². The summed E-state index contributed by atoms with van der Waals surface area (Å²) >= 11 is 0. The average Bonchev–Trinajstić information content (AvgIpc) is 3.00. The van der Waals surface area contributed by atoms with Gasteiger partial charge in [0.25, 0.3) is 0 Å². The van der Waals surface area contributed by atoms with Crippen LogP contribution in [0, 0.1) is 12.8 Å². The Kier molecular flexibility index (Phi) is 3.93. The maximum absolute atomic E-state index is 12.2. The zero-order valence-electron chi connectivity index (χ0n) is 13.5. The van der Waals surface area contributed by atoms with E-state index < -0.39 is 0 Å². The van der Waals surface area contributed by atoms with Crippen LogP contribution in [0.25, 0.3) is 5.69 Å². The molecule has 0 radical (unpaired) electrons. The van der Waals surface area contributed by atoms with Gasteiger partial charge < -0.3 is 10.3 Å². The molecule has 0 bridgehead atoms. The van der Waals surface area contributed by atoms with Gasteiger partial charge in [-0.25, -0.2) is 4.79 Å². The van der Waals surface area contributed by atoms with Crippen molar-refractivity contribution in [3.05, 3.63) is 52.2 Å². The maximum Gasteiger partial charge on any atom is 0.332 e. The summed E-state index contributed by atoms with van der Waals surface area (Å²) in [6.45, 7) is 3.75. The van der Waals surface area contributed by atoms with Gasteiger partial charge in [0, 0.05) is 31.5 Å². The van der Waals surface area contributed by atoms with Crippen LogP contribution in [0.3, 0.4) is 0 Å². The third-order valence-electron chi connectivity index (χ3n) is 4.73. The second-order valence-electron chi connectivity index (χ2n) is 6.38. The standard InChI is InChI=1S/C17H24N4O/c1-12-10-20(3)17(22)21(12)15-6-4-14(5-7-15)16-8-13(9-18)11-19(16)2/h4-7,10,13,16H,8-9,11,18H2,1-3H3. The lowest BCUT2D eigenvalue weighted by Gasteiger charge is -2.20. The number of imidazole rings is 1. The fraction of sp³-hybridized carbons (Fsp3) is 0.471. The summed E-state index contributed by atoms with van der Waals surface area (Å²) in [5.41, 5.74) is 8.96. The number of benzene rings is 1. The van der Waals surface area contributed by atoms with Crippen LogP contribution in [-0.4, -0.2) is 34.2 Å². The zero-order chi connectivity index (χ0) is 15.9. The van der Waals surface area contributed by atoms with Crippen LogP contribution in [0.1, 0.15) is 23.7 Å². The minimum Gasteiger partial charge on any atom is -0.330 e. The number of rotatable bonds is 3. The van der Waals surface area contributed by atoms with Crippen LogP contribution in [0.2, 0.25) is 0 Å². The molecule has 22 heavy (non-hydrogen) atoms. The topological polar surface area (TPSA) is 56.2 Å². The number of aromatic nitrogens is 2. The molecule has 2 N–H and O–H groups in total. The van der Waals surface area contributed by atoms with E-state index in [4.69, 9.17) is 5.73 Å². The molecule has 118 valence electrons. The van der Waals surface area contributed by atoms with E-state index in [-0.39, 0.29) is 5.69 Å². The summed E-state index contributed by atoms with van der Waals surface area (Å²) in [6.07, 6.45) is 2.96. The van der Waals surface area contributed by atoms with Gasteiger partial charge in [-0.15, -0.1) is 0 Å². The largest absolute Gasteiger partial charge is 0.332 e. The Bertz CT molecular complexity index is 713. The van der Waals surface area contributed by atoms with Crippen LogP contribution in [0.15, 0.2) is 35.3 Å². The summed E-state index contributed by atoms with van der Waals surface area (Å²) in [5.74, 6) is 0.577. The van der Waals surface area contributed by atoms with Gasteiger partial charge >= 0.3 is 5.69 Å². The van der Waals surface area contributed by atoms with E-state index in [0.717, 1.165) is 30.9 Å². The van der Waals surface area contributed by atoms with Gasteiger partial charge in [0.05, 0.1) is 5.69 Å². The predicted molar refractivity (Wildman–Crippen MR) is 88.3 cm³/mol. The molecule has 5 nitrogen and oxygen atoms in total. The van der Waals surface area contributed by atoms with Crippen molar-refractivity contribution in [1.29, 1.82) is 0 Å². The second-order valence-corrected chi connectivity index (χ2v) is 6.38. The quantitative estimate of drug-likeness (QED) is 0.933. The van der Waals surface area contributed by atoms with Crippen LogP contribution >= 0.6 is 0 Å². The molecular formula is C17H24N4O. The van der Waals surface area contributed by atoms with Crippen molar-refractivity contribution in [3.8, 4) is 5.69 Å². The molecule has 1 saturated heterocycles. The molecule has 5 heteroatoms. The first-order valence-electron chi connectivity index (χ1n) is 7.77. The number of hydrogen-bond acceptors (Lipinski definition) is 3. The van der Waals surface area contributed by atoms with E-state index in [1.165, 1.54) is 5.56 Å². The molecule has 1 aliphatic rings. The van der Waals surface area contributed by atoms with Crippen molar-refractivity contribution in [2.45, 2.75) is 19.4 Å². The van der Waals surface area contributed by atoms with E-state index in [1.54, 1.807) is 16.2 Å². The van der Waals surface area contributed by atoms with Crippen molar-refractivity contribution in [3.63, 3.8) is 0 Å². The molecule has 1 fully saturated rings. The second kappa shape index (κ2) is 5.74. The molecule has 2 unspecified atom stereocenters. The van der Waals surface area contributed by atoms with Crippen LogP contribution < -0.4 is 11.4 Å². The first-order valence-corrected chi connectivity index (χ1v) is 7.77. The SMILES string of the molecule is Cc1cn(C)c(=O)n1-c1ccc(C2CC(CN)CN2C)cc1. The molecule has 0 amide bonds. The number of nitrogens with zero attached hydrogens (tertiary/aromatic N) is 3. The highest BCUT2D eigenvalue weighted by molar-refractivity contribution is 5.37. The summed E-state index contributed by atoms with van der Waals surface area (Å²) in [5, 5.41) is 0. The molecule has 2 heterocycles. The third-order valence-corrected chi connectivity index (χ3v) is 4.73. The smallest absolute Gasteiger partial charge is 0.330 e. The lowest BCUT2D eigenvalue weighted by atomic mass is 10.00. The van der Waals surface area contributed by atoms with Gasteiger partial charge in [0.1, 0.15) is 0 Å². The fourth-order valence-electron chi connectivity index (χ4n) is 3.53. The first kappa shape index (κ1) is 15.1. The summed E-state index contributed by atoms with van der Waals surface area (Å²) in [4.78, 5) is 14.5. The first-order chi connectivity index (χ1) is 10.5. The zero-order valence-corrected chi connectivity index (χ0v) is 13.5. The molecule has 1 aliphatic heterocycles. The number of hydrogen-bond donors (Lipinski definition) is 1. The Morgan fingerprint density at radius 3 is 2.41 bits per heavy atom. The van der Waals surface area contributed by atoms with Gasteiger partial charge in [0.15, 0.2) is 0 Å². The van der Waals surface area contributed by atoms with Gasteiger partial charge in [0.2, 0.25) is 0 Å². The van der Waals surface area contributed by atoms with E-state index in [2.05, 4.69) is 24.1 Å². The molecule has 3 rings (SSSR count). The van der Waals surface area contributed by atoms with E-state index in [1.807, 2.05) is 25.3 Å². The van der Waals surface area contributed by atoms with Crippen molar-refractivity contribution >= 4 is 0 Å². The highest BCUT2D eigenvalue weighted by Crippen LogP contribution is 2.33. The van der Waals surface area contributed by atoms with Crippen molar-refractivity contribution < 1.29 is 0 Å². The fourth-order valence-corrected chi connectivity index (χ4v) is 3.53. The molecule has 1 aromatic carbocycles. The molecule has 2 atom stereocenters. The lowest BCUT2D eigenvalue weighted by Crippen LogP contribution is -2.22. The van der Waals surface area contributed by atoms with Gasteiger partial charge in [-0.1, -0.05) is 12.1 Å². The van der Waals surface area contributed by atoms with Crippen LogP contribution in [0.5, 0.6) is 0 Å². The average molecular weight is 300 g/mol. The number of nitrogens with two attached hydrogens (primary N) is 1. The summed E-state index contributed by atoms with van der Waals surface area (Å²) in [6, 6.07) is 8.76. The Morgan fingerprint density at radius 1 is 1.23 bits per heavy atom. The van der Waals surface area contributed by atoms with E-state index >= 15 is 0 Å². The Hall–Kier alpha value is -1.85. The number of aryl methyl sites for hydroxylation is 2. The minimum atomic E-state index is -0.00793. The van der Waals surface area contributed by atoms with E-state index in [9.17, 15) is 4.79 Å². The Morgan fingerprint density at radius 2 is 1.91 bits per heavy atom. The minimum absolute atomic E-state index is 0.00793. The van der Waals surface area contributed by atoms with Gasteiger partial charge in [-0.05, 0) is 50.6 Å². The van der Waals surface area contributed by atoms with Crippen molar-refractivity contribution in [1.82, 2.24) is 14.0 Å². The highest BCUT2D eigenvalue weighted by atomic mass is 16.1. The van der Waals surface area contributed by atoms with E-state index in [0.29, 0.717) is 12.0 Å². The molecule has 0 saturated carbocycles. The monoisotopic (exact) mass is 300 g/mol. The summed E-state index contributed by atoms with van der Waals surface area (Å²) in [7, 11) is 3.93. The molecule has 0 spiro atoms. The van der Waals surface area contributed by atoms with Gasteiger partial charge in [-0.3, -0.25) is 9.47 Å². The predicted octanol–water partition coefficient (Wildman–Crippen LogP) is 1.44. The number of likely N-dealkylation sites (tertiary alicyclic amines) is 1. The van der Waals surface area contributed by atoms with Crippen molar-refractivity contribution in [2.75, 3.05) is 20.1 Å². The summed E-state index contributed by atoms with van der Waals surface area (Å²) < 4.78 is 3.35. The maximum atomic E-state index is 12.2. The molecule has 0 aliphatic carbocycles. The van der Waals surface area contributed by atoms with Gasteiger partial charge in [-0.2, -0.15) is 0 Å². The molecule has 1 aromatic heterocycles. The normalized spacial score (nSPS) is 22.4. The molecular weight excluding hydrogens is 276 g/mol. The third kappa shape index (κ3) is 2.51. The molecule has 2 aromatic rings. The Balaban J connectivity index is 1.89. The Labute approximate surface area is 131 Å². The van der Waals surface area contributed by atoms with Crippen LogP contribution in [-0.2, 0) is 7.05 Å². The lowest BCUT2D eigenvalue weighted by molar-refractivity contribution is 0.313.